The van der Waals surface area contributed by atoms with E-state index in [0.29, 0.717) is 35.9 Å². The second kappa shape index (κ2) is 7.78. The van der Waals surface area contributed by atoms with E-state index in [2.05, 4.69) is 26.1 Å². The van der Waals surface area contributed by atoms with Crippen LogP contribution in [0.3, 0.4) is 0 Å². The van der Waals surface area contributed by atoms with Crippen LogP contribution in [-0.4, -0.2) is 34.2 Å². The second-order valence-electron chi connectivity index (χ2n) is 6.65. The van der Waals surface area contributed by atoms with Crippen molar-refractivity contribution in [2.75, 3.05) is 11.9 Å². The topological polar surface area (TPSA) is 109 Å². The van der Waals surface area contributed by atoms with Gasteiger partial charge in [0.25, 0.3) is 5.91 Å². The van der Waals surface area contributed by atoms with Gasteiger partial charge >= 0.3 is 6.03 Å². The van der Waals surface area contributed by atoms with E-state index in [1.165, 1.54) is 0 Å². The fourth-order valence-electron chi connectivity index (χ4n) is 2.02. The molecule has 2 aromatic rings. The van der Waals surface area contributed by atoms with Crippen molar-refractivity contribution in [3.63, 3.8) is 0 Å². The standard InChI is InChI=1S/C17H23N5O3/c1-11-19-14(25-22-11)9-10-18-16(24)20-13-7-5-12(6-8-13)15(23)21-17(2,3)4/h5-8H,9-10H2,1-4H3,(H,21,23)(H2,18,20,24). The number of carbonyl (C=O) groups excluding carboxylic acids is 2. The number of aromatic nitrogens is 2. The molecule has 1 aromatic carbocycles. The van der Waals surface area contributed by atoms with E-state index in [4.69, 9.17) is 4.52 Å². The summed E-state index contributed by atoms with van der Waals surface area (Å²) >= 11 is 0. The molecule has 0 aliphatic carbocycles. The highest BCUT2D eigenvalue weighted by atomic mass is 16.5. The Labute approximate surface area is 146 Å². The van der Waals surface area contributed by atoms with Crippen molar-refractivity contribution in [1.29, 1.82) is 0 Å². The van der Waals surface area contributed by atoms with Crippen LogP contribution in [0.2, 0.25) is 0 Å². The highest BCUT2D eigenvalue weighted by Crippen LogP contribution is 2.11. The summed E-state index contributed by atoms with van der Waals surface area (Å²) < 4.78 is 4.96. The van der Waals surface area contributed by atoms with Crippen molar-refractivity contribution in [3.8, 4) is 0 Å². The van der Waals surface area contributed by atoms with Crippen molar-refractivity contribution in [2.24, 2.45) is 0 Å². The summed E-state index contributed by atoms with van der Waals surface area (Å²) in [4.78, 5) is 27.9. The van der Waals surface area contributed by atoms with Crippen LogP contribution in [0, 0.1) is 6.92 Å². The van der Waals surface area contributed by atoms with E-state index >= 15 is 0 Å². The SMILES string of the molecule is Cc1noc(CCNC(=O)Nc2ccc(C(=O)NC(C)(C)C)cc2)n1. The third kappa shape index (κ3) is 6.25. The minimum atomic E-state index is -0.344. The zero-order valence-electron chi connectivity index (χ0n) is 14.8. The van der Waals surface area contributed by atoms with Gasteiger partial charge in [-0.2, -0.15) is 4.98 Å². The lowest BCUT2D eigenvalue weighted by Crippen LogP contribution is -2.40. The summed E-state index contributed by atoms with van der Waals surface area (Å²) in [6, 6.07) is 6.34. The number of urea groups is 1. The highest BCUT2D eigenvalue weighted by Gasteiger charge is 2.15. The van der Waals surface area contributed by atoms with Crippen molar-refractivity contribution in [3.05, 3.63) is 41.5 Å². The Hall–Kier alpha value is -2.90. The lowest BCUT2D eigenvalue weighted by molar-refractivity contribution is 0.0919. The molecule has 8 nitrogen and oxygen atoms in total. The Morgan fingerprint density at radius 3 is 2.40 bits per heavy atom. The van der Waals surface area contributed by atoms with Crippen LogP contribution < -0.4 is 16.0 Å². The van der Waals surface area contributed by atoms with Gasteiger partial charge in [-0.1, -0.05) is 5.16 Å². The molecule has 0 fully saturated rings. The van der Waals surface area contributed by atoms with Gasteiger partial charge in [0.05, 0.1) is 0 Å². The lowest BCUT2D eigenvalue weighted by Gasteiger charge is -2.20. The molecular formula is C17H23N5O3. The van der Waals surface area contributed by atoms with Crippen LogP contribution in [0.25, 0.3) is 0 Å². The molecule has 1 aromatic heterocycles. The molecule has 3 amide bonds. The summed E-state index contributed by atoms with van der Waals surface area (Å²) in [6.07, 6.45) is 0.459. The van der Waals surface area contributed by atoms with Crippen molar-refractivity contribution in [2.45, 2.75) is 39.7 Å². The van der Waals surface area contributed by atoms with Crippen LogP contribution in [0.4, 0.5) is 10.5 Å². The number of anilines is 1. The minimum Gasteiger partial charge on any atom is -0.347 e. The molecule has 0 atom stereocenters. The number of nitrogens with zero attached hydrogens (tertiary/aromatic N) is 2. The van der Waals surface area contributed by atoms with Gasteiger partial charge in [0.1, 0.15) is 0 Å². The molecule has 0 unspecified atom stereocenters. The Balaban J connectivity index is 1.80. The lowest BCUT2D eigenvalue weighted by atomic mass is 10.1. The zero-order chi connectivity index (χ0) is 18.4. The van der Waals surface area contributed by atoms with Crippen molar-refractivity contribution in [1.82, 2.24) is 20.8 Å². The number of amides is 3. The number of aryl methyl sites for hydroxylation is 1. The molecule has 0 radical (unpaired) electrons. The monoisotopic (exact) mass is 345 g/mol. The molecule has 25 heavy (non-hydrogen) atoms. The number of rotatable bonds is 5. The van der Waals surface area contributed by atoms with E-state index < -0.39 is 0 Å². The maximum atomic E-state index is 12.0. The summed E-state index contributed by atoms with van der Waals surface area (Å²) in [7, 11) is 0. The Morgan fingerprint density at radius 2 is 1.84 bits per heavy atom. The Morgan fingerprint density at radius 1 is 1.16 bits per heavy atom. The van der Waals surface area contributed by atoms with Crippen LogP contribution in [0.1, 0.15) is 42.8 Å². The smallest absolute Gasteiger partial charge is 0.319 e. The number of nitrogens with one attached hydrogen (secondary N) is 3. The van der Waals surface area contributed by atoms with Crippen LogP contribution in [0.5, 0.6) is 0 Å². The predicted octanol–water partition coefficient (Wildman–Crippen LogP) is 2.27. The first-order chi connectivity index (χ1) is 11.7. The Bertz CT molecular complexity index is 731. The molecule has 0 saturated carbocycles. The number of hydrogen-bond donors (Lipinski definition) is 3. The molecule has 0 aliphatic heterocycles. The van der Waals surface area contributed by atoms with Crippen molar-refractivity contribution < 1.29 is 14.1 Å². The summed E-state index contributed by atoms with van der Waals surface area (Å²) in [5.74, 6) is 0.889. The largest absolute Gasteiger partial charge is 0.347 e. The summed E-state index contributed by atoms with van der Waals surface area (Å²) in [6.45, 7) is 7.86. The van der Waals surface area contributed by atoms with Gasteiger partial charge in [-0.15, -0.1) is 0 Å². The van der Waals surface area contributed by atoms with Crippen molar-refractivity contribution >= 4 is 17.6 Å². The van der Waals surface area contributed by atoms with Gasteiger partial charge < -0.3 is 20.5 Å². The maximum absolute atomic E-state index is 12.0. The van der Waals surface area contributed by atoms with Gasteiger partial charge in [-0.3, -0.25) is 4.79 Å². The molecule has 3 N–H and O–H groups in total. The minimum absolute atomic E-state index is 0.154. The van der Waals surface area contributed by atoms with E-state index in [1.807, 2.05) is 20.8 Å². The van der Waals surface area contributed by atoms with E-state index in [9.17, 15) is 9.59 Å². The van der Waals surface area contributed by atoms with Gasteiger partial charge in [0, 0.05) is 29.8 Å². The van der Waals surface area contributed by atoms with Gasteiger partial charge in [0.2, 0.25) is 5.89 Å². The molecule has 1 heterocycles. The van der Waals surface area contributed by atoms with E-state index in [-0.39, 0.29) is 17.5 Å². The maximum Gasteiger partial charge on any atom is 0.319 e. The molecule has 134 valence electrons. The summed E-state index contributed by atoms with van der Waals surface area (Å²) in [5, 5.41) is 12.0. The second-order valence-corrected chi connectivity index (χ2v) is 6.65. The average molecular weight is 345 g/mol. The molecule has 2 rings (SSSR count). The van der Waals surface area contributed by atoms with Crippen LogP contribution in [-0.2, 0) is 6.42 Å². The molecule has 0 aliphatic rings. The molecule has 8 heteroatoms. The first kappa shape index (κ1) is 18.4. The third-order valence-electron chi connectivity index (χ3n) is 3.09. The van der Waals surface area contributed by atoms with Gasteiger partial charge in [0.15, 0.2) is 5.82 Å². The van der Waals surface area contributed by atoms with E-state index in [0.717, 1.165) is 0 Å². The van der Waals surface area contributed by atoms with Gasteiger partial charge in [-0.25, -0.2) is 4.79 Å². The van der Waals surface area contributed by atoms with Crippen LogP contribution >= 0.6 is 0 Å². The molecule has 0 bridgehead atoms. The fourth-order valence-corrected chi connectivity index (χ4v) is 2.02. The average Bonchev–Trinajstić information content (AvgIpc) is 2.91. The number of carbonyl (C=O) groups is 2. The Kier molecular flexibility index (Phi) is 5.74. The zero-order valence-corrected chi connectivity index (χ0v) is 14.8. The molecular weight excluding hydrogens is 322 g/mol. The number of benzene rings is 1. The quantitative estimate of drug-likeness (QED) is 0.770. The predicted molar refractivity (Wildman–Crippen MR) is 93.4 cm³/mol. The first-order valence-corrected chi connectivity index (χ1v) is 7.99. The summed E-state index contributed by atoms with van der Waals surface area (Å²) in [5.41, 5.74) is 0.830. The molecule has 0 spiro atoms. The fraction of sp³-hybridized carbons (Fsp3) is 0.412. The normalized spacial score (nSPS) is 11.0. The van der Waals surface area contributed by atoms with E-state index in [1.54, 1.807) is 31.2 Å². The highest BCUT2D eigenvalue weighted by molar-refractivity contribution is 5.95. The van der Waals surface area contributed by atoms with Crippen LogP contribution in [0.15, 0.2) is 28.8 Å². The first-order valence-electron chi connectivity index (χ1n) is 7.99. The third-order valence-corrected chi connectivity index (χ3v) is 3.09. The number of hydrogen-bond acceptors (Lipinski definition) is 5. The molecule has 0 saturated heterocycles. The van der Waals surface area contributed by atoms with Gasteiger partial charge in [-0.05, 0) is 52.0 Å².